The molecule has 0 saturated heterocycles. The Morgan fingerprint density at radius 1 is 1.04 bits per heavy atom. The van der Waals surface area contributed by atoms with Crippen LogP contribution in [0.2, 0.25) is 0 Å². The highest BCUT2D eigenvalue weighted by molar-refractivity contribution is 5.88. The maximum absolute atomic E-state index is 12.7. The summed E-state index contributed by atoms with van der Waals surface area (Å²) in [5, 5.41) is 0.574. The lowest BCUT2D eigenvalue weighted by Gasteiger charge is -2.08. The zero-order chi connectivity index (χ0) is 18.3. The van der Waals surface area contributed by atoms with Gasteiger partial charge in [-0.1, -0.05) is 6.07 Å². The van der Waals surface area contributed by atoms with Gasteiger partial charge < -0.3 is 19.6 Å². The Labute approximate surface area is 150 Å². The molecule has 0 unspecified atom stereocenters. The zero-order valence-electron chi connectivity index (χ0n) is 14.7. The van der Waals surface area contributed by atoms with E-state index in [0.29, 0.717) is 40.3 Å². The van der Waals surface area contributed by atoms with Crippen molar-refractivity contribution in [2.45, 2.75) is 12.8 Å². The van der Waals surface area contributed by atoms with Crippen molar-refractivity contribution in [2.24, 2.45) is 0 Å². The monoisotopic (exact) mass is 349 g/mol. The molecule has 4 rings (SSSR count). The van der Waals surface area contributed by atoms with E-state index in [2.05, 4.69) is 0 Å². The summed E-state index contributed by atoms with van der Waals surface area (Å²) in [6.07, 6.45) is 3.46. The maximum Gasteiger partial charge on any atom is 0.196 e. The van der Waals surface area contributed by atoms with Crippen LogP contribution in [0, 0.1) is 0 Å². The van der Waals surface area contributed by atoms with Crippen LogP contribution in [0.25, 0.3) is 22.6 Å². The second-order valence-corrected chi connectivity index (χ2v) is 6.28. The van der Waals surface area contributed by atoms with Crippen LogP contribution in [0.4, 0.5) is 5.69 Å². The third-order valence-electron chi connectivity index (χ3n) is 4.69. The van der Waals surface area contributed by atoms with Crippen molar-refractivity contribution in [1.82, 2.24) is 0 Å². The second kappa shape index (κ2) is 6.26. The van der Waals surface area contributed by atoms with Crippen molar-refractivity contribution < 1.29 is 13.9 Å². The van der Waals surface area contributed by atoms with Gasteiger partial charge >= 0.3 is 0 Å². The molecule has 5 nitrogen and oxygen atoms in total. The number of nitrogens with two attached hydrogens (primary N) is 1. The summed E-state index contributed by atoms with van der Waals surface area (Å²) in [6, 6.07) is 10.9. The van der Waals surface area contributed by atoms with E-state index in [-0.39, 0.29) is 5.43 Å². The van der Waals surface area contributed by atoms with Crippen LogP contribution < -0.4 is 20.6 Å². The van der Waals surface area contributed by atoms with Gasteiger partial charge in [0.2, 0.25) is 0 Å². The van der Waals surface area contributed by atoms with Crippen molar-refractivity contribution in [2.75, 3.05) is 20.0 Å². The van der Waals surface area contributed by atoms with Crippen LogP contribution in [0.3, 0.4) is 0 Å². The molecule has 0 spiro atoms. The van der Waals surface area contributed by atoms with Gasteiger partial charge in [-0.15, -0.1) is 0 Å². The van der Waals surface area contributed by atoms with E-state index in [9.17, 15) is 4.79 Å². The number of hydrogen-bond acceptors (Lipinski definition) is 5. The highest BCUT2D eigenvalue weighted by Gasteiger charge is 2.24. The number of benzene rings is 2. The largest absolute Gasteiger partial charge is 0.493 e. The Kier molecular flexibility index (Phi) is 3.92. The van der Waals surface area contributed by atoms with Crippen molar-refractivity contribution >= 4 is 28.3 Å². The molecule has 2 aromatic carbocycles. The first-order valence-electron chi connectivity index (χ1n) is 8.39. The van der Waals surface area contributed by atoms with Gasteiger partial charge in [0.15, 0.2) is 16.9 Å². The minimum atomic E-state index is 0.0250. The van der Waals surface area contributed by atoms with Crippen molar-refractivity contribution in [3.8, 4) is 11.5 Å². The topological polar surface area (TPSA) is 74.7 Å². The number of anilines is 1. The molecule has 1 heterocycles. The second-order valence-electron chi connectivity index (χ2n) is 6.28. The molecule has 3 aromatic rings. The van der Waals surface area contributed by atoms with Crippen molar-refractivity contribution in [3.05, 3.63) is 63.5 Å². The number of rotatable bonds is 3. The van der Waals surface area contributed by atoms with E-state index in [0.717, 1.165) is 23.1 Å². The molecule has 5 heteroatoms. The quantitative estimate of drug-likeness (QED) is 0.726. The van der Waals surface area contributed by atoms with Gasteiger partial charge in [-0.3, -0.25) is 4.79 Å². The van der Waals surface area contributed by atoms with Crippen molar-refractivity contribution in [3.63, 3.8) is 0 Å². The van der Waals surface area contributed by atoms with Crippen LogP contribution in [0.5, 0.6) is 11.5 Å². The molecule has 0 saturated carbocycles. The fourth-order valence-corrected chi connectivity index (χ4v) is 3.39. The van der Waals surface area contributed by atoms with Crippen LogP contribution in [0.15, 0.2) is 45.6 Å². The summed E-state index contributed by atoms with van der Waals surface area (Å²) in [5.41, 5.74) is 9.64. The van der Waals surface area contributed by atoms with Gasteiger partial charge in [0, 0.05) is 17.3 Å². The summed E-state index contributed by atoms with van der Waals surface area (Å²) in [5.74, 6) is 1.99. The smallest absolute Gasteiger partial charge is 0.196 e. The van der Waals surface area contributed by atoms with E-state index in [1.165, 1.54) is 0 Å². The highest BCUT2D eigenvalue weighted by Crippen LogP contribution is 2.36. The van der Waals surface area contributed by atoms with Gasteiger partial charge in [-0.25, -0.2) is 0 Å². The fourth-order valence-electron chi connectivity index (χ4n) is 3.39. The minimum absolute atomic E-state index is 0.0250. The first-order chi connectivity index (χ1) is 12.6. The summed E-state index contributed by atoms with van der Waals surface area (Å²) in [4.78, 5) is 12.7. The fraction of sp³-hybridized carbons (Fsp3) is 0.190. The Hall–Kier alpha value is -3.21. The third-order valence-corrected chi connectivity index (χ3v) is 4.69. The highest BCUT2D eigenvalue weighted by atomic mass is 16.5. The molecule has 2 N–H and O–H groups in total. The standard InChI is InChI=1S/C21H19NO4/c1-24-17-8-3-12(10-19(17)25-2)9-13-4-6-16-20(23)15-7-5-14(22)11-18(15)26-21(13)16/h3,5,7-11H,4,6,22H2,1-2H3/b13-9+. The van der Waals surface area contributed by atoms with E-state index in [1.807, 2.05) is 24.3 Å². The first-order valence-corrected chi connectivity index (χ1v) is 8.39. The summed E-state index contributed by atoms with van der Waals surface area (Å²) < 4.78 is 16.7. The van der Waals surface area contributed by atoms with E-state index >= 15 is 0 Å². The number of methoxy groups -OCH3 is 2. The van der Waals surface area contributed by atoms with Gasteiger partial charge in [0.1, 0.15) is 11.3 Å². The number of ether oxygens (including phenoxy) is 2. The van der Waals surface area contributed by atoms with Gasteiger partial charge in [-0.05, 0) is 54.3 Å². The Morgan fingerprint density at radius 3 is 2.62 bits per heavy atom. The molecule has 26 heavy (non-hydrogen) atoms. The minimum Gasteiger partial charge on any atom is -0.493 e. The van der Waals surface area contributed by atoms with Gasteiger partial charge in [0.25, 0.3) is 0 Å². The number of hydrogen-bond donors (Lipinski definition) is 1. The lowest BCUT2D eigenvalue weighted by molar-refractivity contribution is 0.355. The number of fused-ring (bicyclic) bond motifs is 2. The van der Waals surface area contributed by atoms with E-state index < -0.39 is 0 Å². The molecule has 1 aromatic heterocycles. The van der Waals surface area contributed by atoms with Crippen molar-refractivity contribution in [1.29, 1.82) is 0 Å². The summed E-state index contributed by atoms with van der Waals surface area (Å²) in [7, 11) is 3.21. The molecular weight excluding hydrogens is 330 g/mol. The Morgan fingerprint density at radius 2 is 1.85 bits per heavy atom. The summed E-state index contributed by atoms with van der Waals surface area (Å²) >= 11 is 0. The molecule has 132 valence electrons. The van der Waals surface area contributed by atoms with Gasteiger partial charge in [0.05, 0.1) is 19.6 Å². The third kappa shape index (κ3) is 2.62. The van der Waals surface area contributed by atoms with Gasteiger partial charge in [-0.2, -0.15) is 0 Å². The molecule has 0 aliphatic heterocycles. The molecule has 1 aliphatic rings. The lowest BCUT2D eigenvalue weighted by Crippen LogP contribution is -2.08. The lowest BCUT2D eigenvalue weighted by atomic mass is 10.1. The van der Waals surface area contributed by atoms with E-state index in [4.69, 9.17) is 19.6 Å². The molecule has 0 radical (unpaired) electrons. The van der Waals surface area contributed by atoms with E-state index in [1.54, 1.807) is 32.4 Å². The molecule has 0 atom stereocenters. The Balaban J connectivity index is 1.84. The van der Waals surface area contributed by atoms with Crippen LogP contribution in [-0.4, -0.2) is 14.2 Å². The molecular formula is C21H19NO4. The average molecular weight is 349 g/mol. The SMILES string of the molecule is COc1ccc(/C=C2\CCc3c2oc2cc(N)ccc2c3=O)cc1OC. The average Bonchev–Trinajstić information content (AvgIpc) is 3.04. The number of allylic oxidation sites excluding steroid dienone is 1. The zero-order valence-corrected chi connectivity index (χ0v) is 14.7. The molecule has 1 aliphatic carbocycles. The first kappa shape index (κ1) is 16.3. The van der Waals surface area contributed by atoms with Crippen LogP contribution in [-0.2, 0) is 6.42 Å². The Bertz CT molecular complexity index is 1100. The van der Waals surface area contributed by atoms with Crippen LogP contribution in [0.1, 0.15) is 23.3 Å². The predicted octanol–water partition coefficient (Wildman–Crippen LogP) is 3.88. The molecule has 0 bridgehead atoms. The van der Waals surface area contributed by atoms with Crippen LogP contribution >= 0.6 is 0 Å². The molecule has 0 amide bonds. The number of nitrogen functional groups attached to an aromatic ring is 1. The predicted molar refractivity (Wildman–Crippen MR) is 103 cm³/mol. The maximum atomic E-state index is 12.7. The molecule has 0 fully saturated rings. The summed E-state index contributed by atoms with van der Waals surface area (Å²) in [6.45, 7) is 0. The normalized spacial score (nSPS) is 14.6.